The summed E-state index contributed by atoms with van der Waals surface area (Å²) in [6, 6.07) is 4.00. The lowest BCUT2D eigenvalue weighted by atomic mass is 10.2. The number of pyridine rings is 1. The fourth-order valence-electron chi connectivity index (χ4n) is 1.95. The van der Waals surface area contributed by atoms with Gasteiger partial charge in [0.15, 0.2) is 10.8 Å². The first-order valence-electron chi connectivity index (χ1n) is 6.30. The van der Waals surface area contributed by atoms with Gasteiger partial charge in [-0.25, -0.2) is 9.97 Å². The van der Waals surface area contributed by atoms with Gasteiger partial charge in [0, 0.05) is 12.2 Å². The van der Waals surface area contributed by atoms with Gasteiger partial charge in [-0.15, -0.1) is 0 Å². The van der Waals surface area contributed by atoms with Crippen molar-refractivity contribution >= 4 is 40.7 Å². The molecule has 108 valence electrons. The summed E-state index contributed by atoms with van der Waals surface area (Å²) in [4.78, 5) is 19.7. The molecule has 7 heteroatoms. The molecule has 0 saturated carbocycles. The van der Waals surface area contributed by atoms with Crippen molar-refractivity contribution in [3.05, 3.63) is 18.3 Å². The second-order valence-corrected chi connectivity index (χ2v) is 6.35. The second-order valence-electron chi connectivity index (χ2n) is 4.42. The third-order valence-electron chi connectivity index (χ3n) is 2.92. The lowest BCUT2D eigenvalue weighted by molar-refractivity contribution is -0.133. The maximum Gasteiger partial charge on any atom is 0.313 e. The molecule has 1 N–H and O–H groups in total. The molecule has 0 aliphatic heterocycles. The number of rotatable bonds is 7. The quantitative estimate of drug-likeness (QED) is 0.793. The van der Waals surface area contributed by atoms with E-state index in [1.165, 1.54) is 11.8 Å². The van der Waals surface area contributed by atoms with Crippen LogP contribution >= 0.6 is 23.5 Å². The van der Waals surface area contributed by atoms with E-state index in [-0.39, 0.29) is 11.8 Å². The molecule has 20 heavy (non-hydrogen) atoms. The number of carbonyl (C=O) groups is 1. The minimum atomic E-state index is -0.835. The first-order valence-corrected chi connectivity index (χ1v) is 8.68. The Kier molecular flexibility index (Phi) is 5.31. The molecule has 0 aliphatic carbocycles. The Morgan fingerprint density at radius 1 is 1.55 bits per heavy atom. The molecule has 0 radical (unpaired) electrons. The second kappa shape index (κ2) is 6.99. The van der Waals surface area contributed by atoms with Gasteiger partial charge >= 0.3 is 5.97 Å². The summed E-state index contributed by atoms with van der Waals surface area (Å²) >= 11 is 3.05. The summed E-state index contributed by atoms with van der Waals surface area (Å²) in [5, 5.41) is 9.57. The standard InChI is InChI=1S/C13H17N3O2S2/c1-9(5-7-19-2)16-12-10(4-3-6-14-12)15-13(16)20-8-11(17)18/h3-4,6,9H,5,7-8H2,1-2H3,(H,17,18). The van der Waals surface area contributed by atoms with Crippen molar-refractivity contribution in [2.24, 2.45) is 0 Å². The average molecular weight is 311 g/mol. The highest BCUT2D eigenvalue weighted by Gasteiger charge is 2.17. The van der Waals surface area contributed by atoms with Gasteiger partial charge < -0.3 is 9.67 Å². The number of carboxylic acid groups (broad SMARTS) is 1. The van der Waals surface area contributed by atoms with Crippen molar-refractivity contribution in [1.82, 2.24) is 14.5 Å². The predicted octanol–water partition coefficient (Wildman–Crippen LogP) is 2.92. The van der Waals surface area contributed by atoms with Crippen LogP contribution in [0.25, 0.3) is 11.2 Å². The Balaban J connectivity index is 2.36. The average Bonchev–Trinajstić information content (AvgIpc) is 2.81. The van der Waals surface area contributed by atoms with E-state index >= 15 is 0 Å². The Morgan fingerprint density at radius 2 is 2.35 bits per heavy atom. The Labute approximate surface area is 126 Å². The highest BCUT2D eigenvalue weighted by Crippen LogP contribution is 2.28. The lowest BCUT2D eigenvalue weighted by Gasteiger charge is -2.15. The molecule has 2 heterocycles. The van der Waals surface area contributed by atoms with Crippen LogP contribution in [-0.2, 0) is 4.79 Å². The number of nitrogens with zero attached hydrogens (tertiary/aromatic N) is 3. The first kappa shape index (κ1) is 15.2. The summed E-state index contributed by atoms with van der Waals surface area (Å²) in [5.74, 6) is 0.230. The lowest BCUT2D eigenvalue weighted by Crippen LogP contribution is -2.09. The normalized spacial score (nSPS) is 12.7. The molecule has 5 nitrogen and oxygen atoms in total. The smallest absolute Gasteiger partial charge is 0.313 e. The van der Waals surface area contributed by atoms with Crippen LogP contribution in [0.1, 0.15) is 19.4 Å². The van der Waals surface area contributed by atoms with Gasteiger partial charge in [0.05, 0.1) is 5.75 Å². The van der Waals surface area contributed by atoms with Crippen molar-refractivity contribution in [3.8, 4) is 0 Å². The van der Waals surface area contributed by atoms with Gasteiger partial charge in [-0.2, -0.15) is 11.8 Å². The van der Waals surface area contributed by atoms with Crippen LogP contribution < -0.4 is 0 Å². The number of hydrogen-bond acceptors (Lipinski definition) is 5. The molecule has 0 bridgehead atoms. The van der Waals surface area contributed by atoms with Crippen LogP contribution in [0.4, 0.5) is 0 Å². The maximum absolute atomic E-state index is 10.8. The molecule has 0 aromatic carbocycles. The summed E-state index contributed by atoms with van der Waals surface area (Å²) in [5.41, 5.74) is 1.64. The zero-order valence-corrected chi connectivity index (χ0v) is 13.1. The van der Waals surface area contributed by atoms with Crippen molar-refractivity contribution in [1.29, 1.82) is 0 Å². The van der Waals surface area contributed by atoms with Crippen LogP contribution in [-0.4, -0.2) is 43.4 Å². The molecule has 2 rings (SSSR count). The van der Waals surface area contributed by atoms with Crippen molar-refractivity contribution in [3.63, 3.8) is 0 Å². The molecule has 0 aliphatic rings. The van der Waals surface area contributed by atoms with Crippen molar-refractivity contribution in [2.75, 3.05) is 17.8 Å². The minimum absolute atomic E-state index is 0.0125. The fourth-order valence-corrected chi connectivity index (χ4v) is 3.35. The van der Waals surface area contributed by atoms with E-state index < -0.39 is 5.97 Å². The van der Waals surface area contributed by atoms with Gasteiger partial charge in [0.1, 0.15) is 5.52 Å². The van der Waals surface area contributed by atoms with Crippen molar-refractivity contribution < 1.29 is 9.90 Å². The van der Waals surface area contributed by atoms with Crippen LogP contribution in [0.2, 0.25) is 0 Å². The number of fused-ring (bicyclic) bond motifs is 1. The van der Waals surface area contributed by atoms with E-state index in [9.17, 15) is 4.79 Å². The third kappa shape index (κ3) is 3.46. The number of carboxylic acids is 1. The molecule has 1 atom stereocenters. The fraction of sp³-hybridized carbons (Fsp3) is 0.462. The van der Waals surface area contributed by atoms with E-state index in [4.69, 9.17) is 5.11 Å². The molecule has 0 spiro atoms. The molecule has 0 fully saturated rings. The predicted molar refractivity (Wildman–Crippen MR) is 83.6 cm³/mol. The number of thioether (sulfide) groups is 2. The Hall–Kier alpha value is -1.21. The Bertz CT molecular complexity index is 600. The van der Waals surface area contributed by atoms with E-state index in [1.54, 1.807) is 18.0 Å². The van der Waals surface area contributed by atoms with Gasteiger partial charge in [0.2, 0.25) is 0 Å². The summed E-state index contributed by atoms with van der Waals surface area (Å²) < 4.78 is 2.05. The van der Waals surface area contributed by atoms with Gasteiger partial charge in [-0.1, -0.05) is 11.8 Å². The van der Waals surface area contributed by atoms with Crippen LogP contribution in [0.5, 0.6) is 0 Å². The summed E-state index contributed by atoms with van der Waals surface area (Å²) in [6.45, 7) is 2.12. The van der Waals surface area contributed by atoms with Gasteiger partial charge in [-0.3, -0.25) is 4.79 Å². The van der Waals surface area contributed by atoms with Crippen LogP contribution in [0.3, 0.4) is 0 Å². The maximum atomic E-state index is 10.8. The van der Waals surface area contributed by atoms with E-state index in [0.717, 1.165) is 28.5 Å². The summed E-state index contributed by atoms with van der Waals surface area (Å²) in [7, 11) is 0. The molecule has 1 unspecified atom stereocenters. The molecule has 2 aromatic heterocycles. The molecule has 0 amide bonds. The molecule has 2 aromatic rings. The minimum Gasteiger partial charge on any atom is -0.481 e. The topological polar surface area (TPSA) is 68.0 Å². The zero-order chi connectivity index (χ0) is 14.5. The highest BCUT2D eigenvalue weighted by molar-refractivity contribution is 7.99. The summed E-state index contributed by atoms with van der Waals surface area (Å²) in [6.07, 6.45) is 4.83. The van der Waals surface area contributed by atoms with Gasteiger partial charge in [0.25, 0.3) is 0 Å². The molecule has 0 saturated heterocycles. The first-order chi connectivity index (χ1) is 9.63. The molecular formula is C13H17N3O2S2. The van der Waals surface area contributed by atoms with Crippen LogP contribution in [0, 0.1) is 0 Å². The SMILES string of the molecule is CSCCC(C)n1c(SCC(=O)O)nc2cccnc21. The largest absolute Gasteiger partial charge is 0.481 e. The monoisotopic (exact) mass is 311 g/mol. The van der Waals surface area contributed by atoms with Crippen molar-refractivity contribution in [2.45, 2.75) is 24.5 Å². The van der Waals surface area contributed by atoms with E-state index in [1.807, 2.05) is 12.1 Å². The number of aliphatic carboxylic acids is 1. The number of hydrogen-bond donors (Lipinski definition) is 1. The number of imidazole rings is 1. The number of aromatic nitrogens is 3. The van der Waals surface area contributed by atoms with E-state index in [2.05, 4.69) is 27.7 Å². The Morgan fingerprint density at radius 3 is 3.05 bits per heavy atom. The van der Waals surface area contributed by atoms with Crippen LogP contribution in [0.15, 0.2) is 23.5 Å². The third-order valence-corrected chi connectivity index (χ3v) is 4.50. The zero-order valence-electron chi connectivity index (χ0n) is 11.4. The van der Waals surface area contributed by atoms with E-state index in [0.29, 0.717) is 0 Å². The highest BCUT2D eigenvalue weighted by atomic mass is 32.2. The molecular weight excluding hydrogens is 294 g/mol. The van der Waals surface area contributed by atoms with Gasteiger partial charge in [-0.05, 0) is 37.5 Å².